The first-order chi connectivity index (χ1) is 6.84. The van der Waals surface area contributed by atoms with Crippen molar-refractivity contribution in [3.63, 3.8) is 0 Å². The highest BCUT2D eigenvalue weighted by molar-refractivity contribution is 4.87. The van der Waals surface area contributed by atoms with Gasteiger partial charge >= 0.3 is 0 Å². The molecule has 1 aliphatic carbocycles. The van der Waals surface area contributed by atoms with Crippen LogP contribution in [0.2, 0.25) is 0 Å². The minimum Gasteiger partial charge on any atom is -0.393 e. The lowest BCUT2D eigenvalue weighted by atomic mass is 9.61. The van der Waals surface area contributed by atoms with Gasteiger partial charge in [-0.3, -0.25) is 0 Å². The molecule has 1 aliphatic rings. The van der Waals surface area contributed by atoms with Crippen molar-refractivity contribution < 1.29 is 5.11 Å². The molecule has 0 spiro atoms. The average molecular weight is 212 g/mol. The van der Waals surface area contributed by atoms with E-state index in [1.807, 2.05) is 6.92 Å². The second-order valence-electron chi connectivity index (χ2n) is 6.42. The Balaban J connectivity index is 2.63. The van der Waals surface area contributed by atoms with Gasteiger partial charge in [0.25, 0.3) is 0 Å². The van der Waals surface area contributed by atoms with Crippen molar-refractivity contribution in [3.05, 3.63) is 0 Å². The third kappa shape index (κ3) is 3.21. The summed E-state index contributed by atoms with van der Waals surface area (Å²) in [5.74, 6) is 2.06. The molecule has 1 heteroatoms. The van der Waals surface area contributed by atoms with Crippen LogP contribution < -0.4 is 0 Å². The second-order valence-corrected chi connectivity index (χ2v) is 6.42. The summed E-state index contributed by atoms with van der Waals surface area (Å²) < 4.78 is 0. The Kier molecular flexibility index (Phi) is 4.22. The molecule has 0 aromatic rings. The summed E-state index contributed by atoms with van der Waals surface area (Å²) in [6.45, 7) is 11.3. The van der Waals surface area contributed by atoms with E-state index in [9.17, 15) is 5.11 Å². The lowest BCUT2D eigenvalue weighted by Gasteiger charge is -2.44. The molecule has 1 nitrogen and oxygen atoms in total. The van der Waals surface area contributed by atoms with Crippen molar-refractivity contribution in [2.75, 3.05) is 0 Å². The third-order valence-electron chi connectivity index (χ3n) is 4.62. The summed E-state index contributed by atoms with van der Waals surface area (Å²) in [6, 6.07) is 0. The molecule has 0 heterocycles. The molecule has 0 amide bonds. The molecule has 1 fully saturated rings. The first kappa shape index (κ1) is 13.0. The Bertz CT molecular complexity index is 196. The number of aliphatic hydroxyl groups is 1. The van der Waals surface area contributed by atoms with E-state index in [1.54, 1.807) is 0 Å². The van der Waals surface area contributed by atoms with E-state index in [1.165, 1.54) is 25.7 Å². The van der Waals surface area contributed by atoms with Gasteiger partial charge in [0.15, 0.2) is 0 Å². The van der Waals surface area contributed by atoms with Crippen LogP contribution in [0, 0.1) is 23.2 Å². The van der Waals surface area contributed by atoms with Gasteiger partial charge in [0, 0.05) is 0 Å². The van der Waals surface area contributed by atoms with Crippen molar-refractivity contribution in [3.8, 4) is 0 Å². The molecule has 90 valence electrons. The summed E-state index contributed by atoms with van der Waals surface area (Å²) in [4.78, 5) is 0. The molecule has 1 rings (SSSR count). The summed E-state index contributed by atoms with van der Waals surface area (Å²) in [6.07, 6.45) is 5.14. The SMILES string of the molecule is CC(O)C(C)CC1C(C)CCCC1(C)C. The van der Waals surface area contributed by atoms with Crippen LogP contribution in [-0.2, 0) is 0 Å². The Morgan fingerprint density at radius 1 is 1.33 bits per heavy atom. The fourth-order valence-corrected chi connectivity index (χ4v) is 3.19. The topological polar surface area (TPSA) is 20.2 Å². The average Bonchev–Trinajstić information content (AvgIpc) is 2.10. The van der Waals surface area contributed by atoms with Crippen LogP contribution in [0.3, 0.4) is 0 Å². The number of aliphatic hydroxyl groups excluding tert-OH is 1. The molecule has 4 atom stereocenters. The second kappa shape index (κ2) is 4.86. The zero-order valence-electron chi connectivity index (χ0n) is 11.1. The summed E-state index contributed by atoms with van der Waals surface area (Å²) in [5.41, 5.74) is 0.473. The molecule has 0 radical (unpaired) electrons. The van der Waals surface area contributed by atoms with Gasteiger partial charge in [0.05, 0.1) is 6.10 Å². The lowest BCUT2D eigenvalue weighted by molar-refractivity contribution is 0.0357. The zero-order valence-corrected chi connectivity index (χ0v) is 11.1. The molecule has 0 bridgehead atoms. The maximum absolute atomic E-state index is 9.61. The monoisotopic (exact) mass is 212 g/mol. The molecule has 0 aliphatic heterocycles. The fourth-order valence-electron chi connectivity index (χ4n) is 3.19. The minimum atomic E-state index is -0.157. The maximum Gasteiger partial charge on any atom is 0.0537 e. The van der Waals surface area contributed by atoms with Gasteiger partial charge in [0.2, 0.25) is 0 Å². The molecule has 4 unspecified atom stereocenters. The molecule has 1 N–H and O–H groups in total. The molecular weight excluding hydrogens is 184 g/mol. The molecule has 0 aromatic heterocycles. The minimum absolute atomic E-state index is 0.157. The Labute approximate surface area is 95.3 Å². The lowest BCUT2D eigenvalue weighted by Crippen LogP contribution is -2.36. The highest BCUT2D eigenvalue weighted by atomic mass is 16.3. The first-order valence-electron chi connectivity index (χ1n) is 6.52. The van der Waals surface area contributed by atoms with Crippen LogP contribution in [0.5, 0.6) is 0 Å². The Hall–Kier alpha value is -0.0400. The van der Waals surface area contributed by atoms with Crippen molar-refractivity contribution in [1.29, 1.82) is 0 Å². The number of rotatable bonds is 3. The summed E-state index contributed by atoms with van der Waals surface area (Å²) >= 11 is 0. The Morgan fingerprint density at radius 2 is 1.93 bits per heavy atom. The zero-order chi connectivity index (χ0) is 11.6. The van der Waals surface area contributed by atoms with E-state index in [2.05, 4.69) is 27.7 Å². The van der Waals surface area contributed by atoms with Crippen LogP contribution in [0.15, 0.2) is 0 Å². The van der Waals surface area contributed by atoms with Crippen LogP contribution in [0.4, 0.5) is 0 Å². The largest absolute Gasteiger partial charge is 0.393 e. The summed E-state index contributed by atoms with van der Waals surface area (Å²) in [7, 11) is 0. The van der Waals surface area contributed by atoms with Gasteiger partial charge in [0.1, 0.15) is 0 Å². The maximum atomic E-state index is 9.61. The molecule has 15 heavy (non-hydrogen) atoms. The van der Waals surface area contributed by atoms with Crippen LogP contribution in [0.1, 0.15) is 60.3 Å². The van der Waals surface area contributed by atoms with E-state index >= 15 is 0 Å². The van der Waals surface area contributed by atoms with Crippen molar-refractivity contribution in [1.82, 2.24) is 0 Å². The van der Waals surface area contributed by atoms with Gasteiger partial charge in [-0.2, -0.15) is 0 Å². The molecule has 0 saturated heterocycles. The van der Waals surface area contributed by atoms with Gasteiger partial charge in [-0.1, -0.05) is 40.5 Å². The number of hydrogen-bond acceptors (Lipinski definition) is 1. The van der Waals surface area contributed by atoms with E-state index in [-0.39, 0.29) is 6.10 Å². The third-order valence-corrected chi connectivity index (χ3v) is 4.62. The molecule has 1 saturated carbocycles. The van der Waals surface area contributed by atoms with Gasteiger partial charge < -0.3 is 5.11 Å². The number of hydrogen-bond donors (Lipinski definition) is 1. The van der Waals surface area contributed by atoms with Gasteiger partial charge in [-0.25, -0.2) is 0 Å². The van der Waals surface area contributed by atoms with E-state index in [0.29, 0.717) is 11.3 Å². The molecular formula is C14H28O. The Morgan fingerprint density at radius 3 is 2.40 bits per heavy atom. The van der Waals surface area contributed by atoms with E-state index in [0.717, 1.165) is 11.8 Å². The van der Waals surface area contributed by atoms with Crippen LogP contribution >= 0.6 is 0 Å². The highest BCUT2D eigenvalue weighted by Gasteiger charge is 2.37. The van der Waals surface area contributed by atoms with Crippen molar-refractivity contribution in [2.45, 2.75) is 66.4 Å². The first-order valence-corrected chi connectivity index (χ1v) is 6.52. The van der Waals surface area contributed by atoms with E-state index in [4.69, 9.17) is 0 Å². The smallest absolute Gasteiger partial charge is 0.0537 e. The predicted molar refractivity (Wildman–Crippen MR) is 65.7 cm³/mol. The van der Waals surface area contributed by atoms with Gasteiger partial charge in [-0.15, -0.1) is 0 Å². The quantitative estimate of drug-likeness (QED) is 0.753. The normalized spacial score (nSPS) is 34.8. The van der Waals surface area contributed by atoms with Crippen molar-refractivity contribution in [2.24, 2.45) is 23.2 Å². The van der Waals surface area contributed by atoms with Crippen LogP contribution in [-0.4, -0.2) is 11.2 Å². The van der Waals surface area contributed by atoms with Crippen LogP contribution in [0.25, 0.3) is 0 Å². The van der Waals surface area contributed by atoms with Crippen molar-refractivity contribution >= 4 is 0 Å². The van der Waals surface area contributed by atoms with Gasteiger partial charge in [-0.05, 0) is 42.9 Å². The highest BCUT2D eigenvalue weighted by Crippen LogP contribution is 2.46. The molecule has 0 aromatic carbocycles. The van der Waals surface area contributed by atoms with E-state index < -0.39 is 0 Å². The summed E-state index contributed by atoms with van der Waals surface area (Å²) in [5, 5.41) is 9.61. The standard InChI is InChI=1S/C14H28O/c1-10-7-6-8-14(4,5)13(10)9-11(2)12(3)15/h10-13,15H,6-9H2,1-5H3. The predicted octanol–water partition coefficient (Wildman–Crippen LogP) is 3.86. The fraction of sp³-hybridized carbons (Fsp3) is 1.00.